The van der Waals surface area contributed by atoms with E-state index in [0.29, 0.717) is 30.4 Å². The number of hydrogen-bond donors (Lipinski definition) is 1. The number of carbonyl (C=O) groups is 2. The van der Waals surface area contributed by atoms with Gasteiger partial charge in [-0.1, -0.05) is 41.7 Å². The zero-order valence-electron chi connectivity index (χ0n) is 10.7. The Hall–Kier alpha value is -0.970. The lowest BCUT2D eigenvalue weighted by Gasteiger charge is -2.26. The van der Waals surface area contributed by atoms with E-state index in [1.54, 1.807) is 24.3 Å². The minimum absolute atomic E-state index is 0.270. The Kier molecular flexibility index (Phi) is 6.59. The summed E-state index contributed by atoms with van der Waals surface area (Å²) >= 11 is 17.4. The molecule has 1 aromatic carbocycles. The molecule has 0 aliphatic carbocycles. The molecule has 110 valence electrons. The maximum atomic E-state index is 11.6. The third kappa shape index (κ3) is 5.57. The summed E-state index contributed by atoms with van der Waals surface area (Å²) in [5.74, 6) is 0.108. The summed E-state index contributed by atoms with van der Waals surface area (Å²) in [5, 5.41) is 2.51. The Morgan fingerprint density at radius 1 is 1.35 bits per heavy atom. The van der Waals surface area contributed by atoms with Gasteiger partial charge in [-0.15, -0.1) is 0 Å². The Morgan fingerprint density at radius 2 is 1.95 bits per heavy atom. The van der Waals surface area contributed by atoms with Gasteiger partial charge in [-0.25, -0.2) is 0 Å². The van der Waals surface area contributed by atoms with Gasteiger partial charge in [-0.2, -0.15) is 0 Å². The summed E-state index contributed by atoms with van der Waals surface area (Å²) in [6.45, 7) is 1.86. The number of hydrogen-bond acceptors (Lipinski definition) is 3. The first-order chi connectivity index (χ1) is 9.36. The van der Waals surface area contributed by atoms with Crippen molar-refractivity contribution in [2.45, 2.75) is 29.8 Å². The molecule has 0 heterocycles. The smallest absolute Gasteiger partial charge is 0.246 e. The average molecular weight is 339 g/mol. The molecule has 0 aromatic heterocycles. The second-order valence-corrected chi connectivity index (χ2v) is 6.41. The van der Waals surface area contributed by atoms with E-state index in [2.05, 4.69) is 5.32 Å². The fourth-order valence-electron chi connectivity index (χ4n) is 1.38. The minimum Gasteiger partial charge on any atom is -0.466 e. The topological polar surface area (TPSA) is 55.4 Å². The van der Waals surface area contributed by atoms with E-state index in [4.69, 9.17) is 39.5 Å². The highest BCUT2D eigenvalue weighted by atomic mass is 35.6. The van der Waals surface area contributed by atoms with Crippen LogP contribution in [0.5, 0.6) is 5.75 Å². The number of amides is 1. The van der Waals surface area contributed by atoms with Gasteiger partial charge in [0.1, 0.15) is 12.0 Å². The standard InChI is InChI=1S/C13H14Cl3NO3/c1-2-3-11(19)17-12(13(14,15)16)20-10-6-4-9(8-18)5-7-10/h4-8,12H,2-3H2,1H3,(H,17,19)/t12-/m0/s1. The van der Waals surface area contributed by atoms with Crippen molar-refractivity contribution in [1.82, 2.24) is 5.32 Å². The number of rotatable bonds is 6. The first-order valence-electron chi connectivity index (χ1n) is 5.94. The molecule has 0 saturated heterocycles. The molecule has 7 heteroatoms. The van der Waals surface area contributed by atoms with Crippen LogP contribution < -0.4 is 10.1 Å². The van der Waals surface area contributed by atoms with E-state index in [0.717, 1.165) is 0 Å². The maximum absolute atomic E-state index is 11.6. The van der Waals surface area contributed by atoms with Crippen molar-refractivity contribution < 1.29 is 14.3 Å². The second kappa shape index (κ2) is 7.72. The summed E-state index contributed by atoms with van der Waals surface area (Å²) in [7, 11) is 0. The van der Waals surface area contributed by atoms with Crippen molar-refractivity contribution in [3.05, 3.63) is 29.8 Å². The highest BCUT2D eigenvalue weighted by molar-refractivity contribution is 6.68. The summed E-state index contributed by atoms with van der Waals surface area (Å²) in [6.07, 6.45) is 0.574. The van der Waals surface area contributed by atoms with Gasteiger partial charge in [-0.3, -0.25) is 9.59 Å². The summed E-state index contributed by atoms with van der Waals surface area (Å²) in [5.41, 5.74) is 0.498. The molecule has 4 nitrogen and oxygen atoms in total. The molecule has 0 spiro atoms. The zero-order chi connectivity index (χ0) is 15.2. The van der Waals surface area contributed by atoms with Crippen LogP contribution in [-0.4, -0.2) is 22.2 Å². The first kappa shape index (κ1) is 17.1. The number of carbonyl (C=O) groups excluding carboxylic acids is 2. The molecule has 1 aromatic rings. The maximum Gasteiger partial charge on any atom is 0.246 e. The molecule has 0 saturated carbocycles. The van der Waals surface area contributed by atoms with Crippen LogP contribution in [0, 0.1) is 0 Å². The van der Waals surface area contributed by atoms with Crippen molar-refractivity contribution in [2.75, 3.05) is 0 Å². The minimum atomic E-state index is -1.81. The molecular formula is C13H14Cl3NO3. The van der Waals surface area contributed by atoms with Gasteiger partial charge < -0.3 is 10.1 Å². The second-order valence-electron chi connectivity index (χ2n) is 4.04. The molecule has 0 fully saturated rings. The Labute approximate surface area is 132 Å². The molecule has 20 heavy (non-hydrogen) atoms. The highest BCUT2D eigenvalue weighted by Crippen LogP contribution is 2.32. The van der Waals surface area contributed by atoms with Crippen molar-refractivity contribution in [3.8, 4) is 5.75 Å². The van der Waals surface area contributed by atoms with Crippen LogP contribution in [0.25, 0.3) is 0 Å². The molecule has 1 amide bonds. The fourth-order valence-corrected chi connectivity index (χ4v) is 1.68. The fraction of sp³-hybridized carbons (Fsp3) is 0.385. The van der Waals surface area contributed by atoms with E-state index >= 15 is 0 Å². The van der Waals surface area contributed by atoms with Gasteiger partial charge in [0, 0.05) is 12.0 Å². The Morgan fingerprint density at radius 3 is 2.40 bits per heavy atom. The number of alkyl halides is 3. The van der Waals surface area contributed by atoms with Crippen LogP contribution >= 0.6 is 34.8 Å². The molecule has 0 unspecified atom stereocenters. The molecular weight excluding hydrogens is 325 g/mol. The predicted molar refractivity (Wildman–Crippen MR) is 79.6 cm³/mol. The average Bonchev–Trinajstić information content (AvgIpc) is 2.38. The lowest BCUT2D eigenvalue weighted by atomic mass is 10.2. The Bertz CT molecular complexity index is 457. The van der Waals surface area contributed by atoms with Gasteiger partial charge >= 0.3 is 0 Å². The largest absolute Gasteiger partial charge is 0.466 e. The number of halogens is 3. The number of aldehydes is 1. The first-order valence-corrected chi connectivity index (χ1v) is 7.08. The number of ether oxygens (including phenoxy) is 1. The highest BCUT2D eigenvalue weighted by Gasteiger charge is 2.36. The third-order valence-corrected chi connectivity index (χ3v) is 2.93. The van der Waals surface area contributed by atoms with Crippen LogP contribution in [0.1, 0.15) is 30.1 Å². The van der Waals surface area contributed by atoms with Crippen LogP contribution in [0.15, 0.2) is 24.3 Å². The van der Waals surface area contributed by atoms with Gasteiger partial charge in [0.15, 0.2) is 0 Å². The van der Waals surface area contributed by atoms with Crippen LogP contribution in [0.4, 0.5) is 0 Å². The van der Waals surface area contributed by atoms with Crippen molar-refractivity contribution in [3.63, 3.8) is 0 Å². The molecule has 0 aliphatic heterocycles. The van der Waals surface area contributed by atoms with Crippen molar-refractivity contribution in [2.24, 2.45) is 0 Å². The molecule has 0 bridgehead atoms. The van der Waals surface area contributed by atoms with Crippen LogP contribution in [0.2, 0.25) is 0 Å². The van der Waals surface area contributed by atoms with E-state index in [1.807, 2.05) is 6.92 Å². The molecule has 1 atom stereocenters. The zero-order valence-corrected chi connectivity index (χ0v) is 13.0. The summed E-state index contributed by atoms with van der Waals surface area (Å²) in [4.78, 5) is 22.1. The van der Waals surface area contributed by atoms with Crippen LogP contribution in [0.3, 0.4) is 0 Å². The third-order valence-electron chi connectivity index (χ3n) is 2.34. The van der Waals surface area contributed by atoms with Crippen molar-refractivity contribution in [1.29, 1.82) is 0 Å². The van der Waals surface area contributed by atoms with Gasteiger partial charge in [-0.05, 0) is 30.7 Å². The summed E-state index contributed by atoms with van der Waals surface area (Å²) in [6, 6.07) is 6.23. The number of benzene rings is 1. The predicted octanol–water partition coefficient (Wildman–Crippen LogP) is 3.49. The molecule has 1 N–H and O–H groups in total. The lowest BCUT2D eigenvalue weighted by molar-refractivity contribution is -0.123. The van der Waals surface area contributed by atoms with E-state index in [9.17, 15) is 9.59 Å². The van der Waals surface area contributed by atoms with E-state index < -0.39 is 10.0 Å². The molecule has 0 aliphatic rings. The van der Waals surface area contributed by atoms with Gasteiger partial charge in [0.2, 0.25) is 15.9 Å². The van der Waals surface area contributed by atoms with Gasteiger partial charge in [0.05, 0.1) is 0 Å². The van der Waals surface area contributed by atoms with Gasteiger partial charge in [0.25, 0.3) is 0 Å². The Balaban J connectivity index is 2.78. The van der Waals surface area contributed by atoms with Crippen LogP contribution in [-0.2, 0) is 4.79 Å². The van der Waals surface area contributed by atoms with Crippen molar-refractivity contribution >= 4 is 47.0 Å². The monoisotopic (exact) mass is 337 g/mol. The number of nitrogens with one attached hydrogen (secondary N) is 1. The lowest BCUT2D eigenvalue weighted by Crippen LogP contribution is -2.47. The molecule has 1 rings (SSSR count). The normalized spacial score (nSPS) is 12.6. The quantitative estimate of drug-likeness (QED) is 0.491. The van der Waals surface area contributed by atoms with E-state index in [-0.39, 0.29) is 5.91 Å². The summed E-state index contributed by atoms with van der Waals surface area (Å²) < 4.78 is 3.64. The van der Waals surface area contributed by atoms with E-state index in [1.165, 1.54) is 0 Å². The SMILES string of the molecule is CCCC(=O)N[C@@H](Oc1ccc(C=O)cc1)C(Cl)(Cl)Cl. The molecule has 0 radical (unpaired) electrons.